The van der Waals surface area contributed by atoms with Crippen LogP contribution in [0.3, 0.4) is 0 Å². The monoisotopic (exact) mass is 438 g/mol. The van der Waals surface area contributed by atoms with Crippen LogP contribution in [0.4, 0.5) is 10.1 Å². The molecule has 4 nitrogen and oxygen atoms in total. The minimum absolute atomic E-state index is 0.0787. The van der Waals surface area contributed by atoms with Gasteiger partial charge in [-0.1, -0.05) is 35.5 Å². The lowest BCUT2D eigenvalue weighted by atomic mass is 10.1. The van der Waals surface area contributed by atoms with E-state index in [1.165, 1.54) is 17.8 Å². The highest BCUT2D eigenvalue weighted by molar-refractivity contribution is 8.15. The Balaban J connectivity index is 1.75. The highest BCUT2D eigenvalue weighted by atomic mass is 35.5. The van der Waals surface area contributed by atoms with Crippen molar-refractivity contribution in [1.82, 2.24) is 0 Å². The van der Waals surface area contributed by atoms with Crippen LogP contribution in [0.25, 0.3) is 0 Å². The third-order valence-corrected chi connectivity index (χ3v) is 8.53. The first-order valence-electron chi connectivity index (χ1n) is 8.95. The summed E-state index contributed by atoms with van der Waals surface area (Å²) in [5.74, 6) is -0.153. The maximum absolute atomic E-state index is 14.5. The lowest BCUT2D eigenvalue weighted by molar-refractivity contribution is 0.601. The second-order valence-electron chi connectivity index (χ2n) is 7.34. The summed E-state index contributed by atoms with van der Waals surface area (Å²) in [4.78, 5) is 6.64. The van der Waals surface area contributed by atoms with E-state index >= 15 is 0 Å². The Morgan fingerprint density at radius 3 is 2.57 bits per heavy atom. The van der Waals surface area contributed by atoms with Gasteiger partial charge in [0.2, 0.25) is 0 Å². The number of rotatable bonds is 3. The average molecular weight is 439 g/mol. The molecule has 2 aliphatic rings. The molecular formula is C20H20ClFN2O2S2. The van der Waals surface area contributed by atoms with E-state index < -0.39 is 9.84 Å². The standard InChI is InChI=1S/C20H20ClFN2O2S2/c1-12-6-13(2)8-14(7-12)24(9-15-16(21)4-3-5-17(15)22)20-23-18-10-28(25,26)11-19(18)27-20/h3-8,18-19H,9-11H2,1-2H3/t18-,19+/m1/s1. The van der Waals surface area contributed by atoms with E-state index in [0.717, 1.165) is 16.8 Å². The molecule has 148 valence electrons. The summed E-state index contributed by atoms with van der Waals surface area (Å²) < 4.78 is 38.3. The third-order valence-electron chi connectivity index (χ3n) is 4.93. The van der Waals surface area contributed by atoms with Crippen LogP contribution in [-0.2, 0) is 16.4 Å². The number of aliphatic imine (C=N–C) groups is 1. The van der Waals surface area contributed by atoms with Crippen molar-refractivity contribution in [3.8, 4) is 0 Å². The third kappa shape index (κ3) is 3.93. The molecule has 2 aromatic rings. The molecule has 8 heteroatoms. The molecule has 0 aliphatic carbocycles. The molecule has 0 saturated carbocycles. The van der Waals surface area contributed by atoms with Crippen LogP contribution in [0.15, 0.2) is 41.4 Å². The maximum Gasteiger partial charge on any atom is 0.164 e. The fourth-order valence-corrected chi connectivity index (χ4v) is 7.69. The first kappa shape index (κ1) is 19.7. The number of fused-ring (bicyclic) bond motifs is 1. The van der Waals surface area contributed by atoms with Crippen molar-refractivity contribution in [2.24, 2.45) is 4.99 Å². The van der Waals surface area contributed by atoms with Crippen molar-refractivity contribution in [2.45, 2.75) is 31.7 Å². The number of anilines is 1. The quantitative estimate of drug-likeness (QED) is 0.713. The fourth-order valence-electron chi connectivity index (χ4n) is 3.69. The summed E-state index contributed by atoms with van der Waals surface area (Å²) in [6.07, 6.45) is 0. The molecule has 1 saturated heterocycles. The summed E-state index contributed by atoms with van der Waals surface area (Å²) in [6, 6.07) is 10.5. The molecule has 28 heavy (non-hydrogen) atoms. The molecule has 2 atom stereocenters. The van der Waals surface area contributed by atoms with Gasteiger partial charge in [0.15, 0.2) is 15.0 Å². The largest absolute Gasteiger partial charge is 0.317 e. The fraction of sp³-hybridized carbons (Fsp3) is 0.350. The Labute approximate surface area is 173 Å². The van der Waals surface area contributed by atoms with Crippen LogP contribution >= 0.6 is 23.4 Å². The minimum Gasteiger partial charge on any atom is -0.317 e. The van der Waals surface area contributed by atoms with E-state index in [4.69, 9.17) is 16.6 Å². The van der Waals surface area contributed by atoms with Crippen LogP contribution in [-0.4, -0.2) is 36.4 Å². The molecule has 2 heterocycles. The Hall–Kier alpha value is -1.57. The molecule has 0 bridgehead atoms. The van der Waals surface area contributed by atoms with Crippen LogP contribution in [0.1, 0.15) is 16.7 Å². The zero-order valence-electron chi connectivity index (χ0n) is 15.5. The van der Waals surface area contributed by atoms with Gasteiger partial charge in [-0.25, -0.2) is 12.8 Å². The molecule has 2 aromatic carbocycles. The lowest BCUT2D eigenvalue weighted by Gasteiger charge is -2.26. The summed E-state index contributed by atoms with van der Waals surface area (Å²) >= 11 is 7.73. The van der Waals surface area contributed by atoms with Crippen molar-refractivity contribution in [2.75, 3.05) is 16.4 Å². The van der Waals surface area contributed by atoms with Crippen LogP contribution in [0.2, 0.25) is 5.02 Å². The van der Waals surface area contributed by atoms with Gasteiger partial charge in [-0.15, -0.1) is 0 Å². The molecule has 0 spiro atoms. The average Bonchev–Trinajstić information content (AvgIpc) is 3.07. The van der Waals surface area contributed by atoms with Gasteiger partial charge in [-0.3, -0.25) is 4.99 Å². The Morgan fingerprint density at radius 1 is 1.21 bits per heavy atom. The summed E-state index contributed by atoms with van der Waals surface area (Å²) in [5.41, 5.74) is 3.47. The topological polar surface area (TPSA) is 49.7 Å². The second-order valence-corrected chi connectivity index (χ2v) is 11.1. The highest BCUT2D eigenvalue weighted by Crippen LogP contribution is 2.38. The number of thioether (sulfide) groups is 1. The van der Waals surface area contributed by atoms with Crippen molar-refractivity contribution in [3.05, 3.63) is 63.9 Å². The smallest absolute Gasteiger partial charge is 0.164 e. The second kappa shape index (κ2) is 7.35. The van der Waals surface area contributed by atoms with E-state index in [9.17, 15) is 12.8 Å². The van der Waals surface area contributed by atoms with Gasteiger partial charge in [-0.05, 0) is 49.2 Å². The molecule has 0 unspecified atom stereocenters. The normalized spacial score (nSPS) is 22.8. The number of hydrogen-bond donors (Lipinski definition) is 0. The lowest BCUT2D eigenvalue weighted by Crippen LogP contribution is -2.29. The van der Waals surface area contributed by atoms with Gasteiger partial charge in [0, 0.05) is 21.5 Å². The Morgan fingerprint density at radius 2 is 1.93 bits per heavy atom. The van der Waals surface area contributed by atoms with Gasteiger partial charge >= 0.3 is 0 Å². The van der Waals surface area contributed by atoms with Gasteiger partial charge in [0.25, 0.3) is 0 Å². The highest BCUT2D eigenvalue weighted by Gasteiger charge is 2.44. The van der Waals surface area contributed by atoms with E-state index in [1.54, 1.807) is 12.1 Å². The number of sulfone groups is 1. The molecule has 4 rings (SSSR count). The number of halogens is 2. The predicted molar refractivity (Wildman–Crippen MR) is 115 cm³/mol. The molecule has 0 radical (unpaired) electrons. The van der Waals surface area contributed by atoms with Crippen molar-refractivity contribution in [1.29, 1.82) is 0 Å². The van der Waals surface area contributed by atoms with Crippen molar-refractivity contribution < 1.29 is 12.8 Å². The van der Waals surface area contributed by atoms with Crippen LogP contribution in [0, 0.1) is 19.7 Å². The Bertz CT molecular complexity index is 1030. The van der Waals surface area contributed by atoms with E-state index in [2.05, 4.69) is 6.07 Å². The van der Waals surface area contributed by atoms with E-state index in [-0.39, 0.29) is 35.2 Å². The number of aryl methyl sites for hydroxylation is 2. The number of nitrogens with zero attached hydrogens (tertiary/aromatic N) is 2. The zero-order valence-corrected chi connectivity index (χ0v) is 17.9. The van der Waals surface area contributed by atoms with E-state index in [0.29, 0.717) is 15.8 Å². The van der Waals surface area contributed by atoms with Crippen LogP contribution in [0.5, 0.6) is 0 Å². The van der Waals surface area contributed by atoms with Crippen LogP contribution < -0.4 is 4.90 Å². The summed E-state index contributed by atoms with van der Waals surface area (Å²) in [7, 11) is -3.03. The molecule has 2 aliphatic heterocycles. The van der Waals surface area contributed by atoms with Crippen molar-refractivity contribution in [3.63, 3.8) is 0 Å². The molecule has 0 amide bonds. The molecule has 1 fully saturated rings. The van der Waals surface area contributed by atoms with Gasteiger partial charge in [-0.2, -0.15) is 0 Å². The van der Waals surface area contributed by atoms with Gasteiger partial charge in [0.05, 0.1) is 24.1 Å². The van der Waals surface area contributed by atoms with Gasteiger partial charge in [0.1, 0.15) is 5.82 Å². The zero-order chi connectivity index (χ0) is 20.1. The summed E-state index contributed by atoms with van der Waals surface area (Å²) in [6.45, 7) is 4.25. The Kier molecular flexibility index (Phi) is 5.18. The number of hydrogen-bond acceptors (Lipinski definition) is 5. The molecule has 0 N–H and O–H groups in total. The first-order valence-corrected chi connectivity index (χ1v) is 12.0. The number of benzene rings is 2. The molecule has 0 aromatic heterocycles. The first-order chi connectivity index (χ1) is 13.2. The summed E-state index contributed by atoms with van der Waals surface area (Å²) in [5, 5.41) is 1.000. The van der Waals surface area contributed by atoms with E-state index in [1.807, 2.05) is 30.9 Å². The molecular weight excluding hydrogens is 419 g/mol. The minimum atomic E-state index is -3.03. The van der Waals surface area contributed by atoms with Crippen molar-refractivity contribution >= 4 is 44.1 Å². The maximum atomic E-state index is 14.5. The SMILES string of the molecule is Cc1cc(C)cc(N(Cc2c(F)cccc2Cl)C2=N[C@@H]3CS(=O)(=O)C[C@@H]3S2)c1. The number of amidine groups is 1. The van der Waals surface area contributed by atoms with Gasteiger partial charge < -0.3 is 4.90 Å². The predicted octanol–water partition coefficient (Wildman–Crippen LogP) is 4.37.